The lowest BCUT2D eigenvalue weighted by atomic mass is 9.94. The molecule has 0 radical (unpaired) electrons. The Hall–Kier alpha value is -2.33. The van der Waals surface area contributed by atoms with Crippen LogP contribution in [-0.2, 0) is 23.3 Å². The molecular weight excluding hydrogens is 336 g/mol. The molecule has 0 aromatic heterocycles. The Morgan fingerprint density at radius 3 is 2.44 bits per heavy atom. The summed E-state index contributed by atoms with van der Waals surface area (Å²) in [6.45, 7) is 4.00. The summed E-state index contributed by atoms with van der Waals surface area (Å²) in [6, 6.07) is 16.5. The molecular formula is C23H28N2O2. The minimum Gasteiger partial charge on any atom is -0.497 e. The van der Waals surface area contributed by atoms with Crippen LogP contribution in [0, 0.1) is 0 Å². The molecule has 4 heteroatoms. The summed E-state index contributed by atoms with van der Waals surface area (Å²) in [4.78, 5) is 15.4. The van der Waals surface area contributed by atoms with E-state index in [1.165, 1.54) is 37.1 Å². The van der Waals surface area contributed by atoms with E-state index >= 15 is 0 Å². The number of benzene rings is 2. The number of amides is 1. The van der Waals surface area contributed by atoms with E-state index in [-0.39, 0.29) is 11.3 Å². The number of hydrogen-bond acceptors (Lipinski definition) is 3. The highest BCUT2D eigenvalue weighted by atomic mass is 16.5. The molecule has 0 atom stereocenters. The molecule has 0 bridgehead atoms. The van der Waals surface area contributed by atoms with Crippen molar-refractivity contribution in [3.05, 3.63) is 65.2 Å². The molecule has 2 fully saturated rings. The second-order valence-corrected chi connectivity index (χ2v) is 7.80. The third-order valence-corrected chi connectivity index (χ3v) is 5.88. The average Bonchev–Trinajstić information content (AvgIpc) is 3.37. The molecule has 4 nitrogen and oxygen atoms in total. The van der Waals surface area contributed by atoms with E-state index in [9.17, 15) is 4.79 Å². The molecule has 2 aliphatic rings. The smallest absolute Gasteiger partial charge is 0.230 e. The van der Waals surface area contributed by atoms with Crippen LogP contribution in [0.2, 0.25) is 0 Å². The summed E-state index contributed by atoms with van der Waals surface area (Å²) in [5.74, 6) is 0.961. The van der Waals surface area contributed by atoms with Crippen LogP contribution in [-0.4, -0.2) is 31.0 Å². The van der Waals surface area contributed by atoms with E-state index in [0.717, 1.165) is 30.7 Å². The maximum absolute atomic E-state index is 12.9. The zero-order valence-electron chi connectivity index (χ0n) is 16.0. The SMILES string of the molecule is COc1ccc(C2(C(=O)NCc3cccc(CN4CCCC4)c3)CC2)cc1. The van der Waals surface area contributed by atoms with Gasteiger partial charge in [0.2, 0.25) is 5.91 Å². The number of carbonyl (C=O) groups is 1. The van der Waals surface area contributed by atoms with Crippen molar-refractivity contribution in [3.8, 4) is 5.75 Å². The number of rotatable bonds is 7. The van der Waals surface area contributed by atoms with Gasteiger partial charge in [0.25, 0.3) is 0 Å². The van der Waals surface area contributed by atoms with Gasteiger partial charge in [-0.1, -0.05) is 36.4 Å². The second-order valence-electron chi connectivity index (χ2n) is 7.80. The lowest BCUT2D eigenvalue weighted by Gasteiger charge is -2.17. The molecule has 1 aliphatic carbocycles. The predicted molar refractivity (Wildman–Crippen MR) is 107 cm³/mol. The highest BCUT2D eigenvalue weighted by molar-refractivity contribution is 5.91. The van der Waals surface area contributed by atoms with Crippen molar-refractivity contribution in [1.29, 1.82) is 0 Å². The van der Waals surface area contributed by atoms with Gasteiger partial charge in [-0.3, -0.25) is 9.69 Å². The van der Waals surface area contributed by atoms with Crippen LogP contribution < -0.4 is 10.1 Å². The minimum atomic E-state index is -0.348. The molecule has 1 aliphatic heterocycles. The number of likely N-dealkylation sites (tertiary alicyclic amines) is 1. The summed E-state index contributed by atoms with van der Waals surface area (Å²) in [6.07, 6.45) is 4.45. The first-order valence-corrected chi connectivity index (χ1v) is 9.93. The second kappa shape index (κ2) is 7.73. The van der Waals surface area contributed by atoms with E-state index in [0.29, 0.717) is 6.54 Å². The van der Waals surface area contributed by atoms with Gasteiger partial charge in [0.15, 0.2) is 0 Å². The summed E-state index contributed by atoms with van der Waals surface area (Å²) in [7, 11) is 1.66. The Balaban J connectivity index is 1.37. The molecule has 142 valence electrons. The van der Waals surface area contributed by atoms with Gasteiger partial charge < -0.3 is 10.1 Å². The molecule has 0 unspecified atom stereocenters. The van der Waals surface area contributed by atoms with Gasteiger partial charge in [-0.25, -0.2) is 0 Å². The van der Waals surface area contributed by atoms with E-state index in [2.05, 4.69) is 34.5 Å². The van der Waals surface area contributed by atoms with Crippen molar-refractivity contribution in [2.45, 2.75) is 44.2 Å². The zero-order valence-corrected chi connectivity index (χ0v) is 16.0. The molecule has 1 heterocycles. The standard InChI is InChI=1S/C23H28N2O2/c1-27-21-9-7-20(8-10-21)23(11-12-23)22(26)24-16-18-5-4-6-19(15-18)17-25-13-2-3-14-25/h4-10,15H,2-3,11-14,16-17H2,1H3,(H,24,26). The topological polar surface area (TPSA) is 41.6 Å². The number of nitrogens with zero attached hydrogens (tertiary/aromatic N) is 1. The fourth-order valence-electron chi connectivity index (χ4n) is 4.07. The van der Waals surface area contributed by atoms with Crippen molar-refractivity contribution in [2.75, 3.05) is 20.2 Å². The van der Waals surface area contributed by atoms with Gasteiger partial charge in [-0.15, -0.1) is 0 Å². The van der Waals surface area contributed by atoms with Gasteiger partial charge >= 0.3 is 0 Å². The Bertz CT molecular complexity index is 790. The largest absolute Gasteiger partial charge is 0.497 e. The number of ether oxygens (including phenoxy) is 1. The molecule has 0 spiro atoms. The first-order chi connectivity index (χ1) is 13.2. The molecule has 4 rings (SSSR count). The van der Waals surface area contributed by atoms with Crippen molar-refractivity contribution >= 4 is 5.91 Å². The molecule has 1 N–H and O–H groups in total. The summed E-state index contributed by atoms with van der Waals surface area (Å²) < 4.78 is 5.22. The third kappa shape index (κ3) is 4.01. The van der Waals surface area contributed by atoms with Crippen LogP contribution in [0.3, 0.4) is 0 Å². The van der Waals surface area contributed by atoms with Gasteiger partial charge in [0.1, 0.15) is 5.75 Å². The van der Waals surface area contributed by atoms with Crippen LogP contribution in [0.5, 0.6) is 5.75 Å². The monoisotopic (exact) mass is 364 g/mol. The van der Waals surface area contributed by atoms with Crippen LogP contribution >= 0.6 is 0 Å². The highest BCUT2D eigenvalue weighted by Gasteiger charge is 2.51. The number of methoxy groups -OCH3 is 1. The Morgan fingerprint density at radius 1 is 1.07 bits per heavy atom. The first kappa shape index (κ1) is 18.1. The van der Waals surface area contributed by atoms with E-state index < -0.39 is 0 Å². The molecule has 2 aromatic rings. The van der Waals surface area contributed by atoms with Gasteiger partial charge in [-0.05, 0) is 67.6 Å². The molecule has 1 saturated heterocycles. The predicted octanol–water partition coefficient (Wildman–Crippen LogP) is 3.64. The Labute approximate surface area is 161 Å². The van der Waals surface area contributed by atoms with Crippen LogP contribution in [0.4, 0.5) is 0 Å². The van der Waals surface area contributed by atoms with Crippen molar-refractivity contribution in [2.24, 2.45) is 0 Å². The van der Waals surface area contributed by atoms with Crippen molar-refractivity contribution in [3.63, 3.8) is 0 Å². The maximum atomic E-state index is 12.9. The molecule has 1 amide bonds. The van der Waals surface area contributed by atoms with Crippen molar-refractivity contribution < 1.29 is 9.53 Å². The Kier molecular flexibility index (Phi) is 5.17. The molecule has 1 saturated carbocycles. The number of nitrogens with one attached hydrogen (secondary N) is 1. The average molecular weight is 364 g/mol. The van der Waals surface area contributed by atoms with Crippen LogP contribution in [0.15, 0.2) is 48.5 Å². The number of carbonyl (C=O) groups excluding carboxylic acids is 1. The molecule has 2 aromatic carbocycles. The van der Waals surface area contributed by atoms with Gasteiger partial charge in [0.05, 0.1) is 12.5 Å². The minimum absolute atomic E-state index is 0.137. The lowest BCUT2D eigenvalue weighted by Crippen LogP contribution is -2.34. The normalized spacial score (nSPS) is 18.3. The van der Waals surface area contributed by atoms with E-state index in [1.807, 2.05) is 24.3 Å². The molecule has 27 heavy (non-hydrogen) atoms. The quantitative estimate of drug-likeness (QED) is 0.816. The van der Waals surface area contributed by atoms with Crippen LogP contribution in [0.25, 0.3) is 0 Å². The third-order valence-electron chi connectivity index (χ3n) is 5.88. The summed E-state index contributed by atoms with van der Waals surface area (Å²) in [5.41, 5.74) is 3.24. The van der Waals surface area contributed by atoms with Gasteiger partial charge in [-0.2, -0.15) is 0 Å². The Morgan fingerprint density at radius 2 is 1.78 bits per heavy atom. The van der Waals surface area contributed by atoms with E-state index in [1.54, 1.807) is 7.11 Å². The first-order valence-electron chi connectivity index (χ1n) is 9.93. The maximum Gasteiger partial charge on any atom is 0.230 e. The van der Waals surface area contributed by atoms with Gasteiger partial charge in [0, 0.05) is 13.1 Å². The highest BCUT2D eigenvalue weighted by Crippen LogP contribution is 2.48. The van der Waals surface area contributed by atoms with Crippen molar-refractivity contribution in [1.82, 2.24) is 10.2 Å². The summed E-state index contributed by atoms with van der Waals surface area (Å²) in [5, 5.41) is 3.17. The lowest BCUT2D eigenvalue weighted by molar-refractivity contribution is -0.123. The zero-order chi connectivity index (χ0) is 18.7. The summed E-state index contributed by atoms with van der Waals surface area (Å²) >= 11 is 0. The fourth-order valence-corrected chi connectivity index (χ4v) is 4.07. The van der Waals surface area contributed by atoms with E-state index in [4.69, 9.17) is 4.74 Å². The number of hydrogen-bond donors (Lipinski definition) is 1. The van der Waals surface area contributed by atoms with Crippen LogP contribution in [0.1, 0.15) is 42.4 Å². The fraction of sp³-hybridized carbons (Fsp3) is 0.435.